The Labute approximate surface area is 138 Å². The number of hydrogen-bond donors (Lipinski definition) is 0. The summed E-state index contributed by atoms with van der Waals surface area (Å²) in [5, 5.41) is 4.29. The minimum Gasteiger partial charge on any atom is -0.334 e. The first-order valence-electron chi connectivity index (χ1n) is 8.83. The molecule has 0 bridgehead atoms. The molecule has 2 atom stereocenters. The molecule has 0 spiro atoms. The third kappa shape index (κ3) is 4.21. The summed E-state index contributed by atoms with van der Waals surface area (Å²) in [6.45, 7) is 9.92. The minimum absolute atomic E-state index is 0.0392. The highest BCUT2D eigenvalue weighted by atomic mass is 16.2. The zero-order valence-electron chi connectivity index (χ0n) is 14.8. The minimum atomic E-state index is -0.145. The molecule has 0 radical (unpaired) electrons. The van der Waals surface area contributed by atoms with Gasteiger partial charge in [-0.3, -0.25) is 9.59 Å². The van der Waals surface area contributed by atoms with Crippen molar-refractivity contribution in [2.45, 2.75) is 66.0 Å². The summed E-state index contributed by atoms with van der Waals surface area (Å²) in [4.78, 5) is 26.8. The summed E-state index contributed by atoms with van der Waals surface area (Å²) in [5.41, 5.74) is 0.242. The number of carbonyl (C=O) groups excluding carboxylic acids is 1. The van der Waals surface area contributed by atoms with E-state index in [4.69, 9.17) is 0 Å². The quantitative estimate of drug-likeness (QED) is 0.857. The highest BCUT2D eigenvalue weighted by Gasteiger charge is 2.30. The van der Waals surface area contributed by atoms with Gasteiger partial charge in [-0.25, -0.2) is 4.68 Å². The maximum absolute atomic E-state index is 13.0. The van der Waals surface area contributed by atoms with Crippen molar-refractivity contribution in [3.63, 3.8) is 0 Å². The largest absolute Gasteiger partial charge is 0.334 e. The molecule has 0 N–H and O–H groups in total. The van der Waals surface area contributed by atoms with Gasteiger partial charge in [0.25, 0.3) is 11.5 Å². The van der Waals surface area contributed by atoms with Crippen molar-refractivity contribution in [2.75, 3.05) is 6.54 Å². The predicted octanol–water partition coefficient (Wildman–Crippen LogP) is 2.94. The molecule has 1 saturated heterocycles. The molecule has 2 heterocycles. The van der Waals surface area contributed by atoms with Crippen LogP contribution >= 0.6 is 0 Å². The number of rotatable bonds is 4. The van der Waals surface area contributed by atoms with E-state index in [1.54, 1.807) is 6.07 Å². The van der Waals surface area contributed by atoms with E-state index in [0.29, 0.717) is 24.1 Å². The number of hydrogen-bond acceptors (Lipinski definition) is 3. The second kappa shape index (κ2) is 7.75. The van der Waals surface area contributed by atoms with Crippen LogP contribution < -0.4 is 5.56 Å². The smallest absolute Gasteiger partial charge is 0.274 e. The van der Waals surface area contributed by atoms with Crippen molar-refractivity contribution in [3.8, 4) is 0 Å². The maximum Gasteiger partial charge on any atom is 0.274 e. The molecule has 128 valence electrons. The SMILES string of the molecule is CCCn1nc(C(=O)N2CC[C@@H](C)CC[C@H]2C(C)C)ccc1=O. The van der Waals surface area contributed by atoms with Gasteiger partial charge in [-0.05, 0) is 43.6 Å². The van der Waals surface area contributed by atoms with Gasteiger partial charge in [0.05, 0.1) is 0 Å². The molecule has 1 amide bonds. The van der Waals surface area contributed by atoms with E-state index in [2.05, 4.69) is 25.9 Å². The Morgan fingerprint density at radius 2 is 2.04 bits per heavy atom. The number of nitrogens with zero attached hydrogens (tertiary/aromatic N) is 3. The van der Waals surface area contributed by atoms with Gasteiger partial charge in [0.2, 0.25) is 0 Å². The lowest BCUT2D eigenvalue weighted by Gasteiger charge is -2.32. The normalized spacial score (nSPS) is 22.2. The molecular weight excluding hydrogens is 290 g/mol. The molecule has 5 heteroatoms. The molecule has 23 heavy (non-hydrogen) atoms. The van der Waals surface area contributed by atoms with E-state index in [1.807, 2.05) is 11.8 Å². The molecule has 1 aromatic rings. The van der Waals surface area contributed by atoms with E-state index in [-0.39, 0.29) is 17.5 Å². The maximum atomic E-state index is 13.0. The summed E-state index contributed by atoms with van der Waals surface area (Å²) in [6, 6.07) is 3.28. The average Bonchev–Trinajstić information content (AvgIpc) is 2.71. The molecule has 2 rings (SSSR count). The third-order valence-electron chi connectivity index (χ3n) is 4.77. The Morgan fingerprint density at radius 1 is 1.30 bits per heavy atom. The zero-order valence-corrected chi connectivity index (χ0v) is 14.8. The predicted molar refractivity (Wildman–Crippen MR) is 91.5 cm³/mol. The first-order chi connectivity index (χ1) is 10.9. The number of aryl methyl sites for hydroxylation is 1. The van der Waals surface area contributed by atoms with Gasteiger partial charge < -0.3 is 4.90 Å². The molecular formula is C18H29N3O2. The van der Waals surface area contributed by atoms with Crippen LogP contribution in [0.3, 0.4) is 0 Å². The van der Waals surface area contributed by atoms with Gasteiger partial charge in [-0.2, -0.15) is 5.10 Å². The van der Waals surface area contributed by atoms with Crippen LogP contribution in [-0.4, -0.2) is 33.2 Å². The Hall–Kier alpha value is -1.65. The fraction of sp³-hybridized carbons (Fsp3) is 0.722. The molecule has 0 unspecified atom stereocenters. The van der Waals surface area contributed by atoms with Crippen LogP contribution in [0, 0.1) is 11.8 Å². The Balaban J connectivity index is 2.29. The molecule has 0 aromatic carbocycles. The van der Waals surface area contributed by atoms with Crippen molar-refractivity contribution in [1.82, 2.24) is 14.7 Å². The van der Waals surface area contributed by atoms with Crippen molar-refractivity contribution < 1.29 is 4.79 Å². The van der Waals surface area contributed by atoms with Crippen LogP contribution in [0.5, 0.6) is 0 Å². The monoisotopic (exact) mass is 319 g/mol. The number of amides is 1. The summed E-state index contributed by atoms with van der Waals surface area (Å²) < 4.78 is 1.40. The first kappa shape index (κ1) is 17.7. The standard InChI is InChI=1S/C18H29N3O2/c1-5-11-21-17(22)9-7-15(19-21)18(23)20-12-10-14(4)6-8-16(20)13(2)3/h7,9,13-14,16H,5-6,8,10-12H2,1-4H3/t14-,16-/m0/s1. The summed E-state index contributed by atoms with van der Waals surface area (Å²) in [6.07, 6.45) is 4.05. The zero-order chi connectivity index (χ0) is 17.0. The van der Waals surface area contributed by atoms with E-state index < -0.39 is 0 Å². The van der Waals surface area contributed by atoms with Gasteiger partial charge in [0.1, 0.15) is 5.69 Å². The van der Waals surface area contributed by atoms with Gasteiger partial charge in [-0.15, -0.1) is 0 Å². The molecule has 1 aromatic heterocycles. The van der Waals surface area contributed by atoms with E-state index in [0.717, 1.165) is 32.2 Å². The van der Waals surface area contributed by atoms with Gasteiger partial charge in [0, 0.05) is 25.2 Å². The lowest BCUT2D eigenvalue weighted by atomic mass is 9.95. The second-order valence-corrected chi connectivity index (χ2v) is 7.06. The fourth-order valence-corrected chi connectivity index (χ4v) is 3.31. The van der Waals surface area contributed by atoms with Crippen LogP contribution in [0.4, 0.5) is 0 Å². The van der Waals surface area contributed by atoms with Gasteiger partial charge >= 0.3 is 0 Å². The highest BCUT2D eigenvalue weighted by Crippen LogP contribution is 2.26. The Kier molecular flexibility index (Phi) is 5.97. The van der Waals surface area contributed by atoms with Crippen LogP contribution in [0.1, 0.15) is 63.9 Å². The second-order valence-electron chi connectivity index (χ2n) is 7.06. The lowest BCUT2D eigenvalue weighted by molar-refractivity contribution is 0.0622. The third-order valence-corrected chi connectivity index (χ3v) is 4.77. The topological polar surface area (TPSA) is 55.2 Å². The Bertz CT molecular complexity index is 594. The van der Waals surface area contributed by atoms with E-state index >= 15 is 0 Å². The first-order valence-corrected chi connectivity index (χ1v) is 8.83. The van der Waals surface area contributed by atoms with Crippen LogP contribution in [-0.2, 0) is 6.54 Å². The average molecular weight is 319 g/mol. The van der Waals surface area contributed by atoms with Gasteiger partial charge in [0.15, 0.2) is 0 Å². The van der Waals surface area contributed by atoms with Crippen LogP contribution in [0.2, 0.25) is 0 Å². The fourth-order valence-electron chi connectivity index (χ4n) is 3.31. The van der Waals surface area contributed by atoms with Crippen molar-refractivity contribution >= 4 is 5.91 Å². The Morgan fingerprint density at radius 3 is 2.70 bits per heavy atom. The summed E-state index contributed by atoms with van der Waals surface area (Å²) >= 11 is 0. The molecule has 1 aliphatic heterocycles. The molecule has 0 saturated carbocycles. The molecule has 0 aliphatic carbocycles. The molecule has 1 aliphatic rings. The van der Waals surface area contributed by atoms with Crippen LogP contribution in [0.15, 0.2) is 16.9 Å². The van der Waals surface area contributed by atoms with Crippen molar-refractivity contribution in [3.05, 3.63) is 28.2 Å². The summed E-state index contributed by atoms with van der Waals surface area (Å²) in [7, 11) is 0. The van der Waals surface area contributed by atoms with Gasteiger partial charge in [-0.1, -0.05) is 27.7 Å². The lowest BCUT2D eigenvalue weighted by Crippen LogP contribution is -2.43. The van der Waals surface area contributed by atoms with Crippen molar-refractivity contribution in [2.24, 2.45) is 11.8 Å². The van der Waals surface area contributed by atoms with Crippen LogP contribution in [0.25, 0.3) is 0 Å². The van der Waals surface area contributed by atoms with E-state index in [9.17, 15) is 9.59 Å². The van der Waals surface area contributed by atoms with Crippen molar-refractivity contribution in [1.29, 1.82) is 0 Å². The number of carbonyl (C=O) groups is 1. The molecule has 1 fully saturated rings. The summed E-state index contributed by atoms with van der Waals surface area (Å²) in [5.74, 6) is 1.03. The number of likely N-dealkylation sites (tertiary alicyclic amines) is 1. The number of aromatic nitrogens is 2. The highest BCUT2D eigenvalue weighted by molar-refractivity contribution is 5.92. The molecule has 5 nitrogen and oxygen atoms in total. The van der Waals surface area contributed by atoms with E-state index in [1.165, 1.54) is 10.7 Å².